The molecule has 25 heavy (non-hydrogen) atoms. The number of aromatic amines is 1. The van der Waals surface area contributed by atoms with E-state index in [4.69, 9.17) is 9.47 Å². The molecule has 0 aliphatic carbocycles. The molecule has 0 saturated carbocycles. The van der Waals surface area contributed by atoms with E-state index in [0.29, 0.717) is 12.7 Å². The minimum Gasteiger partial charge on any atom is -0.454 e. The van der Waals surface area contributed by atoms with Crippen molar-refractivity contribution in [3.8, 4) is 11.5 Å². The fourth-order valence-corrected chi connectivity index (χ4v) is 3.84. The van der Waals surface area contributed by atoms with Gasteiger partial charge in [0.2, 0.25) is 6.79 Å². The van der Waals surface area contributed by atoms with Crippen molar-refractivity contribution in [2.45, 2.75) is 18.8 Å². The van der Waals surface area contributed by atoms with Crippen molar-refractivity contribution in [3.63, 3.8) is 0 Å². The number of ether oxygens (including phenoxy) is 2. The molecule has 1 aromatic heterocycles. The molecule has 0 spiro atoms. The Morgan fingerprint density at radius 2 is 1.72 bits per heavy atom. The van der Waals surface area contributed by atoms with Crippen molar-refractivity contribution in [1.29, 1.82) is 0 Å². The summed E-state index contributed by atoms with van der Waals surface area (Å²) in [5, 5.41) is 8.22. The van der Waals surface area contributed by atoms with E-state index in [0.717, 1.165) is 36.0 Å². The second kappa shape index (κ2) is 6.01. The van der Waals surface area contributed by atoms with Gasteiger partial charge >= 0.3 is 0 Å². The van der Waals surface area contributed by atoms with Crippen LogP contribution in [-0.2, 0) is 0 Å². The fourth-order valence-electron chi connectivity index (χ4n) is 3.84. The number of fused-ring (bicyclic) bond motifs is 2. The molecule has 1 fully saturated rings. The summed E-state index contributed by atoms with van der Waals surface area (Å²) in [5.74, 6) is 2.25. The monoisotopic (exact) mass is 335 g/mol. The van der Waals surface area contributed by atoms with E-state index in [9.17, 15) is 0 Å². The van der Waals surface area contributed by atoms with Crippen LogP contribution in [0.3, 0.4) is 0 Å². The molecule has 2 aliphatic heterocycles. The first-order valence-electron chi connectivity index (χ1n) is 8.85. The molecule has 0 radical (unpaired) electrons. The molecule has 0 unspecified atom stereocenters. The maximum atomic E-state index is 5.44. The number of hydrogen-bond acceptors (Lipinski definition) is 4. The molecule has 2 aromatic carbocycles. The first-order chi connectivity index (χ1) is 12.4. The summed E-state index contributed by atoms with van der Waals surface area (Å²) in [7, 11) is 0. The van der Waals surface area contributed by atoms with Crippen molar-refractivity contribution in [3.05, 3.63) is 48.2 Å². The van der Waals surface area contributed by atoms with E-state index >= 15 is 0 Å². The Labute approximate surface area is 146 Å². The number of H-pyrrole nitrogens is 1. The zero-order valence-electron chi connectivity index (χ0n) is 14.0. The number of rotatable bonds is 3. The van der Waals surface area contributed by atoms with Crippen LogP contribution in [0.4, 0.5) is 11.4 Å². The lowest BCUT2D eigenvalue weighted by Crippen LogP contribution is -2.26. The predicted octanol–water partition coefficient (Wildman–Crippen LogP) is 4.11. The van der Waals surface area contributed by atoms with E-state index in [1.165, 1.54) is 29.3 Å². The number of nitrogens with one attached hydrogen (secondary N) is 3. The highest BCUT2D eigenvalue weighted by molar-refractivity contribution is 5.87. The van der Waals surface area contributed by atoms with Crippen molar-refractivity contribution in [2.24, 2.45) is 0 Å². The number of aromatic nitrogens is 1. The summed E-state index contributed by atoms with van der Waals surface area (Å²) < 4.78 is 10.8. The van der Waals surface area contributed by atoms with Gasteiger partial charge in [0.05, 0.1) is 0 Å². The molecule has 3 N–H and O–H groups in total. The highest BCUT2D eigenvalue weighted by Gasteiger charge is 2.18. The smallest absolute Gasteiger partial charge is 0.231 e. The summed E-state index contributed by atoms with van der Waals surface area (Å²) in [4.78, 5) is 3.45. The van der Waals surface area contributed by atoms with Gasteiger partial charge < -0.3 is 25.1 Å². The van der Waals surface area contributed by atoms with Gasteiger partial charge in [0.15, 0.2) is 11.5 Å². The molecular formula is C20H21N3O2. The van der Waals surface area contributed by atoms with Gasteiger partial charge in [0.25, 0.3) is 0 Å². The summed E-state index contributed by atoms with van der Waals surface area (Å²) in [6, 6.07) is 12.5. The lowest BCUT2D eigenvalue weighted by Gasteiger charge is -2.22. The van der Waals surface area contributed by atoms with Crippen molar-refractivity contribution in [2.75, 3.05) is 25.2 Å². The molecule has 5 heteroatoms. The second-order valence-electron chi connectivity index (χ2n) is 6.72. The molecule has 1 saturated heterocycles. The fraction of sp³-hybridized carbons (Fsp3) is 0.300. The topological polar surface area (TPSA) is 58.3 Å². The summed E-state index contributed by atoms with van der Waals surface area (Å²) in [5.41, 5.74) is 4.68. The van der Waals surface area contributed by atoms with Crippen molar-refractivity contribution in [1.82, 2.24) is 10.3 Å². The number of piperidine rings is 1. The first kappa shape index (κ1) is 14.7. The Balaban J connectivity index is 1.41. The second-order valence-corrected chi connectivity index (χ2v) is 6.72. The molecule has 128 valence electrons. The highest BCUT2D eigenvalue weighted by Crippen LogP contribution is 2.36. The standard InChI is InChI=1S/C20H21N3O2/c1-3-16-17(13-5-7-21-8-6-13)11-22-18(16)9-14(1)23-15-2-4-19-20(10-15)25-12-24-19/h1-4,9-11,13,21-23H,5-8,12H2. The molecule has 5 rings (SSSR count). The third-order valence-corrected chi connectivity index (χ3v) is 5.15. The average molecular weight is 335 g/mol. The van der Waals surface area contributed by atoms with Gasteiger partial charge in [-0.1, -0.05) is 6.07 Å². The molecule has 3 aromatic rings. The number of hydrogen-bond donors (Lipinski definition) is 3. The Morgan fingerprint density at radius 3 is 2.64 bits per heavy atom. The SMILES string of the molecule is c1cc2c(cc1Nc1ccc3c(C4CCNCC4)c[nH]c3c1)OCO2. The minimum absolute atomic E-state index is 0.298. The quantitative estimate of drug-likeness (QED) is 0.674. The molecule has 0 atom stereocenters. The van der Waals surface area contributed by atoms with Crippen LogP contribution in [0, 0.1) is 0 Å². The Bertz CT molecular complexity index is 912. The Hall–Kier alpha value is -2.66. The largest absolute Gasteiger partial charge is 0.454 e. The van der Waals surface area contributed by atoms with E-state index in [-0.39, 0.29) is 0 Å². The van der Waals surface area contributed by atoms with Crippen molar-refractivity contribution >= 4 is 22.3 Å². The van der Waals surface area contributed by atoms with Crippen LogP contribution in [0.2, 0.25) is 0 Å². The Kier molecular flexibility index (Phi) is 3.52. The number of anilines is 2. The molecule has 3 heterocycles. The molecule has 0 amide bonds. The van der Waals surface area contributed by atoms with Gasteiger partial charge in [-0.25, -0.2) is 0 Å². The highest BCUT2D eigenvalue weighted by atomic mass is 16.7. The summed E-state index contributed by atoms with van der Waals surface area (Å²) >= 11 is 0. The van der Waals surface area contributed by atoms with Gasteiger partial charge in [-0.2, -0.15) is 0 Å². The predicted molar refractivity (Wildman–Crippen MR) is 99.0 cm³/mol. The van der Waals surface area contributed by atoms with E-state index in [1.54, 1.807) is 0 Å². The molecule has 2 aliphatic rings. The Morgan fingerprint density at radius 1 is 0.920 bits per heavy atom. The van der Waals surface area contributed by atoms with Crippen LogP contribution >= 0.6 is 0 Å². The van der Waals surface area contributed by atoms with Crippen LogP contribution in [0.15, 0.2) is 42.6 Å². The van der Waals surface area contributed by atoms with Crippen LogP contribution in [0.5, 0.6) is 11.5 Å². The van der Waals surface area contributed by atoms with Crippen molar-refractivity contribution < 1.29 is 9.47 Å². The minimum atomic E-state index is 0.298. The zero-order chi connectivity index (χ0) is 16.6. The van der Waals surface area contributed by atoms with E-state index < -0.39 is 0 Å². The maximum Gasteiger partial charge on any atom is 0.231 e. The first-order valence-corrected chi connectivity index (χ1v) is 8.85. The average Bonchev–Trinajstić information content (AvgIpc) is 3.28. The van der Waals surface area contributed by atoms with Crippen LogP contribution < -0.4 is 20.1 Å². The summed E-state index contributed by atoms with van der Waals surface area (Å²) in [6.07, 6.45) is 4.61. The lowest BCUT2D eigenvalue weighted by atomic mass is 9.90. The van der Waals surface area contributed by atoms with Crippen LogP contribution in [0.25, 0.3) is 10.9 Å². The van der Waals surface area contributed by atoms with E-state index in [1.807, 2.05) is 18.2 Å². The van der Waals surface area contributed by atoms with Gasteiger partial charge in [-0.15, -0.1) is 0 Å². The van der Waals surface area contributed by atoms with Gasteiger partial charge in [-0.3, -0.25) is 0 Å². The van der Waals surface area contributed by atoms with Gasteiger partial charge in [0.1, 0.15) is 0 Å². The molecular weight excluding hydrogens is 314 g/mol. The molecule has 0 bridgehead atoms. The maximum absolute atomic E-state index is 5.44. The normalized spacial score (nSPS) is 17.1. The van der Waals surface area contributed by atoms with Crippen LogP contribution in [-0.4, -0.2) is 24.9 Å². The molecule has 5 nitrogen and oxygen atoms in total. The van der Waals surface area contributed by atoms with E-state index in [2.05, 4.69) is 40.0 Å². The zero-order valence-corrected chi connectivity index (χ0v) is 14.0. The van der Waals surface area contributed by atoms with Gasteiger partial charge in [0, 0.05) is 34.5 Å². The van der Waals surface area contributed by atoms with Crippen LogP contribution in [0.1, 0.15) is 24.3 Å². The number of benzene rings is 2. The third kappa shape index (κ3) is 2.70. The summed E-state index contributed by atoms with van der Waals surface area (Å²) in [6.45, 7) is 2.52. The third-order valence-electron chi connectivity index (χ3n) is 5.15. The van der Waals surface area contributed by atoms with Gasteiger partial charge in [-0.05, 0) is 61.7 Å². The lowest BCUT2D eigenvalue weighted by molar-refractivity contribution is 0.174.